The van der Waals surface area contributed by atoms with Crippen molar-refractivity contribution in [2.24, 2.45) is 5.73 Å². The van der Waals surface area contributed by atoms with Gasteiger partial charge in [-0.3, -0.25) is 4.40 Å². The standard InChI is InChI=1S/C17H15FN4.2ClH/c18-12-7-5-11(6-8-12)16-15(9-10-19)22-14-4-2-1-3-13(14)20-17(22)21-16;;/h1-8H,9-10,19H2,(H,20,21);2*1H. The summed E-state index contributed by atoms with van der Waals surface area (Å²) in [7, 11) is 0. The second-order valence-electron chi connectivity index (χ2n) is 5.25. The maximum Gasteiger partial charge on any atom is 0.213 e. The number of benzene rings is 2. The minimum absolute atomic E-state index is 0. The summed E-state index contributed by atoms with van der Waals surface area (Å²) < 4.78 is 15.3. The summed E-state index contributed by atoms with van der Waals surface area (Å²) in [5.41, 5.74) is 10.7. The molecule has 4 aromatic rings. The number of rotatable bonds is 3. The molecule has 0 atom stereocenters. The molecule has 4 nitrogen and oxygen atoms in total. The molecule has 0 bridgehead atoms. The molecule has 4 rings (SSSR count). The molecule has 24 heavy (non-hydrogen) atoms. The maximum atomic E-state index is 13.2. The Balaban J connectivity index is 0.00000104. The fourth-order valence-electron chi connectivity index (χ4n) is 2.90. The first kappa shape index (κ1) is 18.3. The van der Waals surface area contributed by atoms with Crippen LogP contribution in [0.4, 0.5) is 4.39 Å². The number of imidazole rings is 2. The molecule has 0 unspecified atom stereocenters. The Kier molecular flexibility index (Phi) is 5.49. The molecule has 2 heterocycles. The summed E-state index contributed by atoms with van der Waals surface area (Å²) in [6.07, 6.45) is 0.704. The minimum Gasteiger partial charge on any atom is -0.330 e. The summed E-state index contributed by atoms with van der Waals surface area (Å²) in [5.74, 6) is 0.531. The molecule has 2 aromatic heterocycles. The molecule has 0 aliphatic rings. The van der Waals surface area contributed by atoms with Crippen molar-refractivity contribution in [3.8, 4) is 11.3 Å². The Morgan fingerprint density at radius 3 is 2.46 bits per heavy atom. The van der Waals surface area contributed by atoms with Gasteiger partial charge in [0, 0.05) is 12.0 Å². The van der Waals surface area contributed by atoms with Gasteiger partial charge in [0.2, 0.25) is 5.78 Å². The topological polar surface area (TPSA) is 59.1 Å². The molecule has 7 heteroatoms. The highest BCUT2D eigenvalue weighted by molar-refractivity contribution is 5.85. The summed E-state index contributed by atoms with van der Waals surface area (Å²) in [4.78, 5) is 8.01. The number of fused-ring (bicyclic) bond motifs is 3. The zero-order valence-corrected chi connectivity index (χ0v) is 14.3. The lowest BCUT2D eigenvalue weighted by molar-refractivity contribution is 0.628. The van der Waals surface area contributed by atoms with Crippen molar-refractivity contribution in [3.63, 3.8) is 0 Å². The van der Waals surface area contributed by atoms with Crippen molar-refractivity contribution >= 4 is 41.6 Å². The van der Waals surface area contributed by atoms with Crippen molar-refractivity contribution < 1.29 is 4.39 Å². The van der Waals surface area contributed by atoms with Crippen LogP contribution in [-0.2, 0) is 6.42 Å². The normalized spacial score (nSPS) is 10.6. The molecular formula is C17H17Cl2FN4. The van der Waals surface area contributed by atoms with Crippen LogP contribution in [0.2, 0.25) is 0 Å². The fraction of sp³-hybridized carbons (Fsp3) is 0.118. The highest BCUT2D eigenvalue weighted by Crippen LogP contribution is 2.28. The lowest BCUT2D eigenvalue weighted by Gasteiger charge is -2.04. The number of nitrogens with two attached hydrogens (primary N) is 1. The van der Waals surface area contributed by atoms with E-state index in [1.807, 2.05) is 18.2 Å². The highest BCUT2D eigenvalue weighted by atomic mass is 35.5. The summed E-state index contributed by atoms with van der Waals surface area (Å²) in [6, 6.07) is 14.5. The van der Waals surface area contributed by atoms with Crippen LogP contribution in [0.25, 0.3) is 28.1 Å². The number of hydrogen-bond donors (Lipinski definition) is 2. The third-order valence-electron chi connectivity index (χ3n) is 3.86. The largest absolute Gasteiger partial charge is 0.330 e. The van der Waals surface area contributed by atoms with Crippen molar-refractivity contribution in [1.82, 2.24) is 14.4 Å². The highest BCUT2D eigenvalue weighted by Gasteiger charge is 2.17. The predicted octanol–water partition coefficient (Wildman–Crippen LogP) is 3.97. The lowest BCUT2D eigenvalue weighted by atomic mass is 10.1. The first-order valence-corrected chi connectivity index (χ1v) is 7.22. The van der Waals surface area contributed by atoms with E-state index < -0.39 is 0 Å². The smallest absolute Gasteiger partial charge is 0.213 e. The SMILES string of the molecule is Cl.Cl.NCCc1c(-c2ccc(F)cc2)nc2[nH]c3ccccc3n12. The van der Waals surface area contributed by atoms with Gasteiger partial charge in [0.25, 0.3) is 0 Å². The number of nitrogens with one attached hydrogen (secondary N) is 1. The van der Waals surface area contributed by atoms with Gasteiger partial charge in [-0.15, -0.1) is 24.8 Å². The molecule has 0 saturated carbocycles. The van der Waals surface area contributed by atoms with E-state index in [1.165, 1.54) is 12.1 Å². The van der Waals surface area contributed by atoms with Crippen LogP contribution in [0.15, 0.2) is 48.5 Å². The van der Waals surface area contributed by atoms with E-state index in [1.54, 1.807) is 12.1 Å². The average molecular weight is 367 g/mol. The molecule has 0 spiro atoms. The van der Waals surface area contributed by atoms with E-state index in [0.717, 1.165) is 33.8 Å². The molecule has 0 aliphatic heterocycles. The minimum atomic E-state index is -0.251. The van der Waals surface area contributed by atoms with Gasteiger partial charge in [0.15, 0.2) is 0 Å². The number of aromatic nitrogens is 3. The van der Waals surface area contributed by atoms with Crippen molar-refractivity contribution in [2.75, 3.05) is 6.54 Å². The van der Waals surface area contributed by atoms with E-state index in [9.17, 15) is 4.39 Å². The van der Waals surface area contributed by atoms with E-state index in [4.69, 9.17) is 10.7 Å². The van der Waals surface area contributed by atoms with Crippen molar-refractivity contribution in [3.05, 3.63) is 60.0 Å². The number of hydrogen-bond acceptors (Lipinski definition) is 2. The van der Waals surface area contributed by atoms with Crippen LogP contribution < -0.4 is 5.73 Å². The molecule has 2 aromatic carbocycles. The molecule has 0 radical (unpaired) electrons. The molecule has 126 valence electrons. The summed E-state index contributed by atoms with van der Waals surface area (Å²) in [5, 5.41) is 0. The van der Waals surface area contributed by atoms with E-state index in [2.05, 4.69) is 15.5 Å². The monoisotopic (exact) mass is 366 g/mol. The molecule has 0 aliphatic carbocycles. The quantitative estimate of drug-likeness (QED) is 0.576. The zero-order valence-electron chi connectivity index (χ0n) is 12.7. The van der Waals surface area contributed by atoms with Crippen LogP contribution in [0.3, 0.4) is 0 Å². The van der Waals surface area contributed by atoms with Gasteiger partial charge in [-0.25, -0.2) is 9.37 Å². The fourth-order valence-corrected chi connectivity index (χ4v) is 2.90. The average Bonchev–Trinajstić information content (AvgIpc) is 3.05. The van der Waals surface area contributed by atoms with E-state index in [0.29, 0.717) is 13.0 Å². The van der Waals surface area contributed by atoms with Crippen LogP contribution >= 0.6 is 24.8 Å². The van der Waals surface area contributed by atoms with Crippen LogP contribution in [0.5, 0.6) is 0 Å². The third-order valence-corrected chi connectivity index (χ3v) is 3.86. The summed E-state index contributed by atoms with van der Waals surface area (Å²) >= 11 is 0. The first-order chi connectivity index (χ1) is 10.8. The van der Waals surface area contributed by atoms with Crippen LogP contribution in [0, 0.1) is 5.82 Å². The van der Waals surface area contributed by atoms with E-state index >= 15 is 0 Å². The van der Waals surface area contributed by atoms with Gasteiger partial charge in [0.05, 0.1) is 22.4 Å². The summed E-state index contributed by atoms with van der Waals surface area (Å²) in [6.45, 7) is 0.529. The number of para-hydroxylation sites is 2. The Labute approximate surface area is 150 Å². The second-order valence-corrected chi connectivity index (χ2v) is 5.25. The maximum absolute atomic E-state index is 13.2. The third kappa shape index (κ3) is 2.86. The predicted molar refractivity (Wildman–Crippen MR) is 99.7 cm³/mol. The molecule has 3 N–H and O–H groups in total. The van der Waals surface area contributed by atoms with Crippen LogP contribution in [-0.4, -0.2) is 20.9 Å². The number of aromatic amines is 1. The van der Waals surface area contributed by atoms with Gasteiger partial charge < -0.3 is 10.7 Å². The van der Waals surface area contributed by atoms with Gasteiger partial charge in [-0.05, 0) is 42.9 Å². The van der Waals surface area contributed by atoms with Crippen molar-refractivity contribution in [2.45, 2.75) is 6.42 Å². The number of H-pyrrole nitrogens is 1. The van der Waals surface area contributed by atoms with Gasteiger partial charge in [-0.1, -0.05) is 12.1 Å². The molecule has 0 amide bonds. The Hall–Kier alpha value is -2.08. The molecule has 0 fully saturated rings. The lowest BCUT2D eigenvalue weighted by Crippen LogP contribution is -2.06. The Morgan fingerprint density at radius 2 is 1.75 bits per heavy atom. The number of halogens is 3. The van der Waals surface area contributed by atoms with Crippen molar-refractivity contribution in [1.29, 1.82) is 0 Å². The first-order valence-electron chi connectivity index (χ1n) is 7.22. The number of nitrogens with zero attached hydrogens (tertiary/aromatic N) is 2. The second kappa shape index (κ2) is 7.21. The molecule has 0 saturated heterocycles. The van der Waals surface area contributed by atoms with Gasteiger partial charge >= 0.3 is 0 Å². The molecular weight excluding hydrogens is 350 g/mol. The van der Waals surface area contributed by atoms with Crippen LogP contribution in [0.1, 0.15) is 5.69 Å². The Morgan fingerprint density at radius 1 is 1.04 bits per heavy atom. The van der Waals surface area contributed by atoms with Gasteiger partial charge in [0.1, 0.15) is 5.82 Å². The van der Waals surface area contributed by atoms with Gasteiger partial charge in [-0.2, -0.15) is 0 Å². The zero-order chi connectivity index (χ0) is 15.1. The Bertz CT molecular complexity index is 960. The van der Waals surface area contributed by atoms with E-state index in [-0.39, 0.29) is 30.6 Å².